The summed E-state index contributed by atoms with van der Waals surface area (Å²) in [4.78, 5) is 22.6. The van der Waals surface area contributed by atoms with Gasteiger partial charge in [-0.15, -0.1) is 11.3 Å². The topological polar surface area (TPSA) is 72.8 Å². The monoisotopic (exact) mass is 526 g/mol. The smallest absolute Gasteiger partial charge is 0.353 e. The molecule has 1 aromatic heterocycles. The number of hydrogen-bond acceptors (Lipinski definition) is 7. The van der Waals surface area contributed by atoms with Gasteiger partial charge in [0.25, 0.3) is 0 Å². The van der Waals surface area contributed by atoms with E-state index in [0.717, 1.165) is 16.7 Å². The Morgan fingerprint density at radius 1 is 0.816 bits per heavy atom. The molecule has 4 aromatic rings. The minimum absolute atomic E-state index is 0.487. The van der Waals surface area contributed by atoms with Crippen molar-refractivity contribution in [2.24, 2.45) is 5.16 Å². The number of carbonyl (C=O) groups is 1. The number of benzene rings is 3. The second-order valence-corrected chi connectivity index (χ2v) is 11.2. The number of rotatable bonds is 9. The third-order valence-electron chi connectivity index (χ3n) is 5.74. The Balaban J connectivity index is 1.64. The first-order chi connectivity index (χ1) is 18.1. The molecule has 0 fully saturated rings. The highest BCUT2D eigenvalue weighted by Gasteiger charge is 2.37. The zero-order valence-corrected chi connectivity index (χ0v) is 23.1. The summed E-state index contributed by atoms with van der Waals surface area (Å²) in [7, 11) is 0. The molecule has 3 aromatic carbocycles. The quantitative estimate of drug-likeness (QED) is 0.111. The molecule has 0 spiro atoms. The highest BCUT2D eigenvalue weighted by atomic mass is 32.1. The van der Waals surface area contributed by atoms with Crippen molar-refractivity contribution in [3.05, 3.63) is 119 Å². The lowest BCUT2D eigenvalue weighted by Crippen LogP contribution is -2.39. The largest absolute Gasteiger partial charge is 0.457 e. The van der Waals surface area contributed by atoms with E-state index in [-0.39, 0.29) is 0 Å². The Kier molecular flexibility index (Phi) is 7.97. The Hall–Kier alpha value is -3.97. The van der Waals surface area contributed by atoms with E-state index in [9.17, 15) is 4.79 Å². The number of nitrogens with one attached hydrogen (secondary N) is 1. The van der Waals surface area contributed by atoms with Gasteiger partial charge in [0.15, 0.2) is 11.3 Å². The molecule has 0 aliphatic heterocycles. The summed E-state index contributed by atoms with van der Waals surface area (Å²) >= 11 is 1.44. The lowest BCUT2D eigenvalue weighted by molar-refractivity contribution is -0.179. The molecule has 0 aliphatic rings. The van der Waals surface area contributed by atoms with Gasteiger partial charge >= 0.3 is 5.97 Å². The van der Waals surface area contributed by atoms with Crippen LogP contribution < -0.4 is 5.32 Å². The summed E-state index contributed by atoms with van der Waals surface area (Å²) in [6.45, 7) is 8.63. The van der Waals surface area contributed by atoms with Crippen LogP contribution in [0.4, 0.5) is 5.13 Å². The fourth-order valence-corrected chi connectivity index (χ4v) is 4.64. The van der Waals surface area contributed by atoms with E-state index in [2.05, 4.69) is 53.1 Å². The molecule has 0 unspecified atom stereocenters. The maximum Gasteiger partial charge on any atom is 0.353 e. The molecule has 0 aliphatic carbocycles. The molecule has 38 heavy (non-hydrogen) atoms. The van der Waals surface area contributed by atoms with Gasteiger partial charge in [-0.05, 0) is 51.3 Å². The molecule has 1 N–H and O–H groups in total. The van der Waals surface area contributed by atoms with Gasteiger partial charge in [-0.2, -0.15) is 0 Å². The van der Waals surface area contributed by atoms with Crippen LogP contribution in [-0.4, -0.2) is 28.4 Å². The highest BCUT2D eigenvalue weighted by molar-refractivity contribution is 7.13. The number of nitrogens with zero attached hydrogens (tertiary/aromatic N) is 2. The predicted octanol–water partition coefficient (Wildman–Crippen LogP) is 6.89. The van der Waals surface area contributed by atoms with Crippen LogP contribution in [0.2, 0.25) is 0 Å². The van der Waals surface area contributed by atoms with Crippen LogP contribution >= 0.6 is 11.3 Å². The van der Waals surface area contributed by atoms with E-state index in [4.69, 9.17) is 14.6 Å². The summed E-state index contributed by atoms with van der Waals surface area (Å²) in [5.41, 5.74) is 1.15. The van der Waals surface area contributed by atoms with Gasteiger partial charge in [0.1, 0.15) is 16.8 Å². The molecule has 1 radical (unpaired) electrons. The number of esters is 1. The third-order valence-corrected chi connectivity index (χ3v) is 6.50. The second-order valence-electron chi connectivity index (χ2n) is 10.3. The fraction of sp³-hybridized carbons (Fsp3) is 0.258. The minimum atomic E-state index is -1.26. The number of aromatic nitrogens is 1. The Labute approximate surface area is 228 Å². The lowest BCUT2D eigenvalue weighted by Gasteiger charge is -2.36. The van der Waals surface area contributed by atoms with Crippen LogP contribution in [0.1, 0.15) is 57.0 Å². The van der Waals surface area contributed by atoms with Crippen molar-refractivity contribution in [1.29, 1.82) is 0 Å². The first-order valence-corrected chi connectivity index (χ1v) is 13.3. The maximum absolute atomic E-state index is 12.4. The van der Waals surface area contributed by atoms with Gasteiger partial charge in [0.2, 0.25) is 5.60 Å². The van der Waals surface area contributed by atoms with Crippen LogP contribution in [0.25, 0.3) is 0 Å². The molecule has 0 saturated carbocycles. The normalized spacial score (nSPS) is 12.3. The fourth-order valence-electron chi connectivity index (χ4n) is 3.95. The zero-order chi connectivity index (χ0) is 27.2. The van der Waals surface area contributed by atoms with Crippen molar-refractivity contribution in [3.63, 3.8) is 0 Å². The summed E-state index contributed by atoms with van der Waals surface area (Å²) < 4.78 is 5.42. The van der Waals surface area contributed by atoms with Gasteiger partial charge < -0.3 is 14.9 Å². The molecule has 195 valence electrons. The van der Waals surface area contributed by atoms with Crippen LogP contribution in [-0.2, 0) is 19.9 Å². The molecule has 7 heteroatoms. The van der Waals surface area contributed by atoms with Crippen molar-refractivity contribution in [3.8, 4) is 0 Å². The highest BCUT2D eigenvalue weighted by Crippen LogP contribution is 2.40. The van der Waals surface area contributed by atoms with Crippen molar-refractivity contribution >= 4 is 28.7 Å². The average molecular weight is 527 g/mol. The Bertz CT molecular complexity index is 1270. The SMILES string of the molecule is CC(C)(C)OC(=O)C(C)(C)ON=[C]c1csc(NC(c2ccccc2)(c2ccccc2)c2ccccc2)n1. The lowest BCUT2D eigenvalue weighted by atomic mass is 9.77. The van der Waals surface area contributed by atoms with Crippen LogP contribution in [0.5, 0.6) is 0 Å². The van der Waals surface area contributed by atoms with E-state index in [0.29, 0.717) is 10.8 Å². The van der Waals surface area contributed by atoms with Gasteiger partial charge in [-0.1, -0.05) is 96.2 Å². The standard InChI is InChI=1S/C31H32N3O3S/c1-29(2,3)36-27(35)30(4,5)37-32-21-26-22-38-28(33-26)34-31(23-15-9-6-10-16-23,24-17-11-7-12-18-24)25-19-13-8-14-20-25/h6-20,22H,1-5H3,(H,33,34). The first-order valence-electron chi connectivity index (χ1n) is 12.4. The number of anilines is 1. The van der Waals surface area contributed by atoms with Crippen molar-refractivity contribution < 1.29 is 14.4 Å². The van der Waals surface area contributed by atoms with Crippen LogP contribution in [0, 0.1) is 0 Å². The second kappa shape index (κ2) is 11.2. The summed E-state index contributed by atoms with van der Waals surface area (Å²) in [5.74, 6) is -0.505. The van der Waals surface area contributed by atoms with Crippen molar-refractivity contribution in [2.75, 3.05) is 5.32 Å². The molecule has 4 rings (SSSR count). The average Bonchev–Trinajstić information content (AvgIpc) is 3.34. The van der Waals surface area contributed by atoms with Crippen LogP contribution in [0.3, 0.4) is 0 Å². The summed E-state index contributed by atoms with van der Waals surface area (Å²) in [6.07, 6.45) is 2.80. The van der Waals surface area contributed by atoms with Crippen molar-refractivity contribution in [2.45, 2.75) is 51.4 Å². The first kappa shape index (κ1) is 27.1. The molecule has 0 bridgehead atoms. The molecular weight excluding hydrogens is 494 g/mol. The van der Waals surface area contributed by atoms with Gasteiger partial charge in [-0.25, -0.2) is 9.78 Å². The molecule has 0 amide bonds. The van der Waals surface area contributed by atoms with Gasteiger partial charge in [0.05, 0.1) is 0 Å². The van der Waals surface area contributed by atoms with E-state index >= 15 is 0 Å². The van der Waals surface area contributed by atoms with E-state index in [1.807, 2.05) is 60.0 Å². The summed E-state index contributed by atoms with van der Waals surface area (Å²) in [5, 5.41) is 10.2. The number of ether oxygens (including phenoxy) is 1. The summed E-state index contributed by atoms with van der Waals surface area (Å²) in [6, 6.07) is 30.9. The van der Waals surface area contributed by atoms with Gasteiger partial charge in [-0.3, -0.25) is 0 Å². The Morgan fingerprint density at radius 3 is 1.74 bits per heavy atom. The maximum atomic E-state index is 12.4. The molecule has 6 nitrogen and oxygen atoms in total. The van der Waals surface area contributed by atoms with E-state index in [1.165, 1.54) is 11.3 Å². The van der Waals surface area contributed by atoms with Crippen molar-refractivity contribution in [1.82, 2.24) is 4.98 Å². The number of thiazole rings is 1. The van der Waals surface area contributed by atoms with E-state index < -0.39 is 22.7 Å². The molecule has 0 saturated heterocycles. The van der Waals surface area contributed by atoms with Crippen LogP contribution in [0.15, 0.2) is 102 Å². The molecular formula is C31H32N3O3S. The van der Waals surface area contributed by atoms with E-state index in [1.54, 1.807) is 34.6 Å². The Morgan fingerprint density at radius 2 is 1.29 bits per heavy atom. The zero-order valence-electron chi connectivity index (χ0n) is 22.3. The number of carbonyl (C=O) groups excluding carboxylic acids is 1. The third kappa shape index (κ3) is 6.29. The number of hydrogen-bond donors (Lipinski definition) is 1. The minimum Gasteiger partial charge on any atom is -0.457 e. The van der Waals surface area contributed by atoms with Gasteiger partial charge in [0, 0.05) is 5.38 Å². The molecule has 1 heterocycles. The predicted molar refractivity (Wildman–Crippen MR) is 152 cm³/mol. The molecule has 0 atom stereocenters.